The predicted octanol–water partition coefficient (Wildman–Crippen LogP) is 8.63. The lowest BCUT2D eigenvalue weighted by atomic mass is 9.95. The fraction of sp³-hybridized carbons (Fsp3) is 0.125. The Morgan fingerprint density at radius 1 is 0.706 bits per heavy atom. The molecule has 0 bridgehead atoms. The molecular formula is C32H26N2. The van der Waals surface area contributed by atoms with Crippen molar-refractivity contribution in [1.29, 1.82) is 0 Å². The summed E-state index contributed by atoms with van der Waals surface area (Å²) in [6.45, 7) is 4.36. The zero-order chi connectivity index (χ0) is 22.8. The molecule has 0 fully saturated rings. The average Bonchev–Trinajstić information content (AvgIpc) is 3.39. The zero-order valence-electron chi connectivity index (χ0n) is 19.5. The maximum Gasteiger partial charge on any atom is 0.0560 e. The quantitative estimate of drug-likeness (QED) is 0.279. The number of allylic oxidation sites excluding steroid dienone is 4. The molecule has 1 N–H and O–H groups in total. The molecule has 1 atom stereocenters. The standard InChI is InChI=1S/C32H26N2/c1-20-7-15-31-27(17-20)28-18-21(2)8-16-32(28)34(31)24-12-9-22(10-13-24)23-11-14-30-26(19-23)25-5-3-4-6-29(25)33-30/h3-12,14-19,24,33H,13H2,1-2H3. The van der Waals surface area contributed by atoms with Gasteiger partial charge in [0.05, 0.1) is 6.04 Å². The highest BCUT2D eigenvalue weighted by Gasteiger charge is 2.19. The lowest BCUT2D eigenvalue weighted by Crippen LogP contribution is -2.08. The minimum Gasteiger partial charge on any atom is -0.355 e. The smallest absolute Gasteiger partial charge is 0.0560 e. The van der Waals surface area contributed by atoms with Crippen LogP contribution in [0.5, 0.6) is 0 Å². The van der Waals surface area contributed by atoms with E-state index in [-0.39, 0.29) is 0 Å². The molecule has 0 amide bonds. The number of aromatic nitrogens is 2. The van der Waals surface area contributed by atoms with Crippen LogP contribution in [-0.4, -0.2) is 9.55 Å². The molecule has 0 saturated carbocycles. The van der Waals surface area contributed by atoms with Crippen molar-refractivity contribution in [2.75, 3.05) is 0 Å². The summed E-state index contributed by atoms with van der Waals surface area (Å²) in [5, 5.41) is 5.28. The van der Waals surface area contributed by atoms with E-state index in [9.17, 15) is 0 Å². The van der Waals surface area contributed by atoms with E-state index in [1.807, 2.05) is 0 Å². The van der Waals surface area contributed by atoms with E-state index in [1.54, 1.807) is 0 Å². The van der Waals surface area contributed by atoms with Crippen LogP contribution in [0.2, 0.25) is 0 Å². The Bertz CT molecular complexity index is 1750. The number of para-hydroxylation sites is 1. The molecule has 34 heavy (non-hydrogen) atoms. The van der Waals surface area contributed by atoms with Crippen LogP contribution < -0.4 is 0 Å². The molecular weight excluding hydrogens is 412 g/mol. The third-order valence-electron chi connectivity index (χ3n) is 7.36. The summed E-state index contributed by atoms with van der Waals surface area (Å²) in [6.07, 6.45) is 8.08. The minimum atomic E-state index is 0.311. The van der Waals surface area contributed by atoms with Gasteiger partial charge in [0, 0.05) is 43.6 Å². The van der Waals surface area contributed by atoms with Crippen molar-refractivity contribution in [2.45, 2.75) is 26.3 Å². The molecule has 0 aliphatic heterocycles. The van der Waals surface area contributed by atoms with Crippen molar-refractivity contribution in [2.24, 2.45) is 0 Å². The Morgan fingerprint density at radius 3 is 2.12 bits per heavy atom. The van der Waals surface area contributed by atoms with Crippen LogP contribution >= 0.6 is 0 Å². The molecule has 6 aromatic rings. The molecule has 0 radical (unpaired) electrons. The van der Waals surface area contributed by atoms with Gasteiger partial charge in [-0.1, -0.05) is 65.8 Å². The van der Waals surface area contributed by atoms with Crippen LogP contribution in [0, 0.1) is 13.8 Å². The molecule has 2 nitrogen and oxygen atoms in total. The number of rotatable bonds is 2. The SMILES string of the molecule is Cc1ccc2c(c1)c1cc(C)ccc1n2C1C=CC(c2ccc3[nH]c4ccccc4c3c2)=CC1. The highest BCUT2D eigenvalue weighted by Crippen LogP contribution is 2.37. The van der Waals surface area contributed by atoms with E-state index in [0.717, 1.165) is 6.42 Å². The summed E-state index contributed by atoms with van der Waals surface area (Å²) in [4.78, 5) is 3.53. The maximum atomic E-state index is 3.53. The number of nitrogens with zero attached hydrogens (tertiary/aromatic N) is 1. The van der Waals surface area contributed by atoms with Crippen LogP contribution in [0.4, 0.5) is 0 Å². The number of nitrogens with one attached hydrogen (secondary N) is 1. The van der Waals surface area contributed by atoms with Crippen molar-refractivity contribution in [3.63, 3.8) is 0 Å². The second-order valence-electron chi connectivity index (χ2n) is 9.66. The van der Waals surface area contributed by atoms with Gasteiger partial charge in [0.25, 0.3) is 0 Å². The maximum absolute atomic E-state index is 3.53. The van der Waals surface area contributed by atoms with Crippen molar-refractivity contribution in [3.05, 3.63) is 114 Å². The molecule has 2 aromatic heterocycles. The van der Waals surface area contributed by atoms with E-state index in [2.05, 4.69) is 120 Å². The van der Waals surface area contributed by atoms with Gasteiger partial charge in [0.15, 0.2) is 0 Å². The fourth-order valence-electron chi connectivity index (χ4n) is 5.68. The largest absolute Gasteiger partial charge is 0.355 e. The van der Waals surface area contributed by atoms with Gasteiger partial charge < -0.3 is 9.55 Å². The highest BCUT2D eigenvalue weighted by molar-refractivity contribution is 6.09. The number of hydrogen-bond donors (Lipinski definition) is 1. The third-order valence-corrected chi connectivity index (χ3v) is 7.36. The van der Waals surface area contributed by atoms with E-state index >= 15 is 0 Å². The molecule has 1 aliphatic carbocycles. The first-order valence-electron chi connectivity index (χ1n) is 12.1. The van der Waals surface area contributed by atoms with Gasteiger partial charge in [-0.25, -0.2) is 0 Å². The predicted molar refractivity (Wildman–Crippen MR) is 145 cm³/mol. The number of benzene rings is 4. The first-order valence-corrected chi connectivity index (χ1v) is 12.1. The molecule has 2 heterocycles. The van der Waals surface area contributed by atoms with Crippen LogP contribution in [0.15, 0.2) is 97.1 Å². The molecule has 4 aromatic carbocycles. The lowest BCUT2D eigenvalue weighted by molar-refractivity contribution is 0.649. The summed E-state index contributed by atoms with van der Waals surface area (Å²) in [5.41, 5.74) is 10.2. The van der Waals surface area contributed by atoms with Crippen LogP contribution in [0.3, 0.4) is 0 Å². The van der Waals surface area contributed by atoms with Crippen molar-refractivity contribution >= 4 is 49.2 Å². The summed E-state index contributed by atoms with van der Waals surface area (Å²) >= 11 is 0. The van der Waals surface area contributed by atoms with E-state index < -0.39 is 0 Å². The molecule has 2 heteroatoms. The van der Waals surface area contributed by atoms with Gasteiger partial charge in [-0.3, -0.25) is 0 Å². The van der Waals surface area contributed by atoms with Crippen LogP contribution in [0.25, 0.3) is 49.2 Å². The highest BCUT2D eigenvalue weighted by atomic mass is 15.0. The Labute approximate surface area is 198 Å². The first-order chi connectivity index (χ1) is 16.7. The summed E-state index contributed by atoms with van der Waals surface area (Å²) in [7, 11) is 0. The Morgan fingerprint density at radius 2 is 1.41 bits per heavy atom. The second kappa shape index (κ2) is 7.23. The number of aromatic amines is 1. The number of fused-ring (bicyclic) bond motifs is 6. The summed E-state index contributed by atoms with van der Waals surface area (Å²) in [5.74, 6) is 0. The van der Waals surface area contributed by atoms with Crippen molar-refractivity contribution in [1.82, 2.24) is 9.55 Å². The van der Waals surface area contributed by atoms with Gasteiger partial charge in [-0.2, -0.15) is 0 Å². The Hall–Kier alpha value is -4.04. The van der Waals surface area contributed by atoms with Gasteiger partial charge in [0.2, 0.25) is 0 Å². The summed E-state index contributed by atoms with van der Waals surface area (Å²) < 4.78 is 2.52. The van der Waals surface area contributed by atoms with Gasteiger partial charge in [0.1, 0.15) is 0 Å². The van der Waals surface area contributed by atoms with E-state index in [0.29, 0.717) is 6.04 Å². The Balaban J connectivity index is 1.30. The number of aryl methyl sites for hydroxylation is 2. The molecule has 1 unspecified atom stereocenters. The summed E-state index contributed by atoms with van der Waals surface area (Å²) in [6, 6.07) is 29.3. The Kier molecular flexibility index (Phi) is 4.13. The zero-order valence-corrected chi connectivity index (χ0v) is 19.5. The van der Waals surface area contributed by atoms with Crippen LogP contribution in [-0.2, 0) is 0 Å². The van der Waals surface area contributed by atoms with Gasteiger partial charge in [-0.15, -0.1) is 0 Å². The van der Waals surface area contributed by atoms with Gasteiger partial charge in [-0.05, 0) is 73.9 Å². The molecule has 1 aliphatic rings. The van der Waals surface area contributed by atoms with Crippen molar-refractivity contribution < 1.29 is 0 Å². The minimum absolute atomic E-state index is 0.311. The molecule has 0 spiro atoms. The molecule has 164 valence electrons. The number of H-pyrrole nitrogens is 1. The van der Waals surface area contributed by atoms with E-state index in [4.69, 9.17) is 0 Å². The topological polar surface area (TPSA) is 20.7 Å². The average molecular weight is 439 g/mol. The van der Waals surface area contributed by atoms with Crippen LogP contribution in [0.1, 0.15) is 29.2 Å². The lowest BCUT2D eigenvalue weighted by Gasteiger charge is -2.21. The van der Waals surface area contributed by atoms with E-state index in [1.165, 1.54) is 65.9 Å². The normalized spacial score (nSPS) is 16.2. The first kappa shape index (κ1) is 19.4. The molecule has 7 rings (SSSR count). The fourth-order valence-corrected chi connectivity index (χ4v) is 5.68. The monoisotopic (exact) mass is 438 g/mol. The van der Waals surface area contributed by atoms with Crippen molar-refractivity contribution in [3.8, 4) is 0 Å². The number of hydrogen-bond acceptors (Lipinski definition) is 0. The third kappa shape index (κ3) is 2.88. The molecule has 0 saturated heterocycles. The van der Waals surface area contributed by atoms with Gasteiger partial charge >= 0.3 is 0 Å². The second-order valence-corrected chi connectivity index (χ2v) is 9.66.